The van der Waals surface area contributed by atoms with Crippen LogP contribution in [0.1, 0.15) is 33.6 Å². The summed E-state index contributed by atoms with van der Waals surface area (Å²) >= 11 is 0. The van der Waals surface area contributed by atoms with E-state index in [1.807, 2.05) is 0 Å². The second-order valence-corrected chi connectivity index (χ2v) is 6.11. The molecule has 120 valence electrons. The third kappa shape index (κ3) is 7.45. The zero-order valence-electron chi connectivity index (χ0n) is 12.7. The zero-order valence-corrected chi connectivity index (χ0v) is 12.7. The monoisotopic (exact) mass is 296 g/mol. The molecule has 0 aromatic rings. The van der Waals surface area contributed by atoms with Gasteiger partial charge in [0.25, 0.3) is 0 Å². The van der Waals surface area contributed by atoms with Crippen molar-refractivity contribution in [2.45, 2.75) is 51.9 Å². The fourth-order valence-corrected chi connectivity index (χ4v) is 2.64. The Kier molecular flexibility index (Phi) is 7.26. The standard InChI is InChI=1S/C14H27F3N2O/c1-11(2)7-13-8-18-12(3)9-19(13)5-4-6-20-10-14(15,16)17/h11-13,18H,4-10H2,1-3H3. The average molecular weight is 296 g/mol. The molecule has 0 amide bonds. The molecule has 0 aromatic heterocycles. The molecule has 1 saturated heterocycles. The van der Waals surface area contributed by atoms with Crippen LogP contribution in [0.4, 0.5) is 13.2 Å². The van der Waals surface area contributed by atoms with Crippen LogP contribution >= 0.6 is 0 Å². The van der Waals surface area contributed by atoms with E-state index in [1.165, 1.54) is 0 Å². The molecule has 0 spiro atoms. The molecular formula is C14H27F3N2O. The number of nitrogens with one attached hydrogen (secondary N) is 1. The molecule has 0 saturated carbocycles. The number of ether oxygens (including phenoxy) is 1. The molecule has 1 heterocycles. The van der Waals surface area contributed by atoms with Crippen LogP contribution in [0.25, 0.3) is 0 Å². The van der Waals surface area contributed by atoms with Crippen molar-refractivity contribution in [1.29, 1.82) is 0 Å². The van der Waals surface area contributed by atoms with E-state index in [4.69, 9.17) is 0 Å². The minimum Gasteiger partial charge on any atom is -0.372 e. The summed E-state index contributed by atoms with van der Waals surface area (Å²) in [5.74, 6) is 0.624. The van der Waals surface area contributed by atoms with Crippen LogP contribution in [0.2, 0.25) is 0 Å². The molecule has 2 atom stereocenters. The van der Waals surface area contributed by atoms with Crippen molar-refractivity contribution in [3.63, 3.8) is 0 Å². The number of rotatable bonds is 7. The van der Waals surface area contributed by atoms with Crippen LogP contribution < -0.4 is 5.32 Å². The molecule has 20 heavy (non-hydrogen) atoms. The van der Waals surface area contributed by atoms with E-state index in [9.17, 15) is 13.2 Å². The molecule has 0 bridgehead atoms. The third-order valence-corrected chi connectivity index (χ3v) is 3.47. The van der Waals surface area contributed by atoms with Gasteiger partial charge in [-0.3, -0.25) is 4.90 Å². The van der Waals surface area contributed by atoms with Crippen molar-refractivity contribution in [2.24, 2.45) is 5.92 Å². The molecule has 1 aliphatic rings. The molecule has 0 radical (unpaired) electrons. The Labute approximate surface area is 119 Å². The van der Waals surface area contributed by atoms with E-state index in [0.29, 0.717) is 24.4 Å². The Morgan fingerprint density at radius 2 is 2.05 bits per heavy atom. The van der Waals surface area contributed by atoms with Crippen molar-refractivity contribution >= 4 is 0 Å². The highest BCUT2D eigenvalue weighted by molar-refractivity contribution is 4.84. The van der Waals surface area contributed by atoms with Gasteiger partial charge in [0.15, 0.2) is 0 Å². The van der Waals surface area contributed by atoms with E-state index >= 15 is 0 Å². The molecule has 1 N–H and O–H groups in total. The maximum absolute atomic E-state index is 12.0. The van der Waals surface area contributed by atoms with Crippen LogP contribution in [0.3, 0.4) is 0 Å². The lowest BCUT2D eigenvalue weighted by molar-refractivity contribution is -0.174. The fourth-order valence-electron chi connectivity index (χ4n) is 2.64. The number of hydrogen-bond acceptors (Lipinski definition) is 3. The van der Waals surface area contributed by atoms with E-state index in [0.717, 1.165) is 26.1 Å². The van der Waals surface area contributed by atoms with Gasteiger partial charge in [0.05, 0.1) is 0 Å². The number of hydrogen-bond donors (Lipinski definition) is 1. The number of piperazine rings is 1. The van der Waals surface area contributed by atoms with Gasteiger partial charge >= 0.3 is 6.18 Å². The van der Waals surface area contributed by atoms with E-state index in [1.54, 1.807) is 0 Å². The van der Waals surface area contributed by atoms with E-state index in [2.05, 4.69) is 35.7 Å². The van der Waals surface area contributed by atoms with Gasteiger partial charge in [-0.25, -0.2) is 0 Å². The maximum atomic E-state index is 12.0. The summed E-state index contributed by atoms with van der Waals surface area (Å²) < 4.78 is 40.5. The molecule has 1 rings (SSSR count). The Bertz CT molecular complexity index is 272. The highest BCUT2D eigenvalue weighted by atomic mass is 19.4. The number of alkyl halides is 3. The molecule has 2 unspecified atom stereocenters. The molecular weight excluding hydrogens is 269 g/mol. The zero-order chi connectivity index (χ0) is 15.2. The summed E-state index contributed by atoms with van der Waals surface area (Å²) in [5, 5.41) is 3.47. The summed E-state index contributed by atoms with van der Waals surface area (Å²) in [5.41, 5.74) is 0. The Morgan fingerprint density at radius 3 is 2.65 bits per heavy atom. The quantitative estimate of drug-likeness (QED) is 0.731. The third-order valence-electron chi connectivity index (χ3n) is 3.47. The lowest BCUT2D eigenvalue weighted by atomic mass is 9.99. The fraction of sp³-hybridized carbons (Fsp3) is 1.00. The van der Waals surface area contributed by atoms with Crippen molar-refractivity contribution in [3.05, 3.63) is 0 Å². The lowest BCUT2D eigenvalue weighted by Gasteiger charge is -2.40. The van der Waals surface area contributed by atoms with Gasteiger partial charge in [0.2, 0.25) is 0 Å². The minimum atomic E-state index is -4.22. The summed E-state index contributed by atoms with van der Waals surface area (Å²) in [6.45, 7) is 8.29. The van der Waals surface area contributed by atoms with Crippen LogP contribution in [-0.4, -0.2) is 56.0 Å². The van der Waals surface area contributed by atoms with Crippen molar-refractivity contribution in [2.75, 3.05) is 32.8 Å². The molecule has 1 fully saturated rings. The molecule has 0 aliphatic carbocycles. The highest BCUT2D eigenvalue weighted by Crippen LogP contribution is 2.17. The van der Waals surface area contributed by atoms with Crippen LogP contribution in [0.15, 0.2) is 0 Å². The van der Waals surface area contributed by atoms with Crippen LogP contribution in [0, 0.1) is 5.92 Å². The van der Waals surface area contributed by atoms with Gasteiger partial charge in [-0.05, 0) is 25.7 Å². The Hall–Kier alpha value is -0.330. The predicted octanol–water partition coefficient (Wildman–Crippen LogP) is 2.66. The van der Waals surface area contributed by atoms with Crippen molar-refractivity contribution in [1.82, 2.24) is 10.2 Å². The average Bonchev–Trinajstić information content (AvgIpc) is 2.30. The SMILES string of the molecule is CC(C)CC1CNC(C)CN1CCCOCC(F)(F)F. The van der Waals surface area contributed by atoms with Gasteiger partial charge in [0, 0.05) is 38.3 Å². The predicted molar refractivity (Wildman–Crippen MR) is 73.8 cm³/mol. The van der Waals surface area contributed by atoms with Gasteiger partial charge in [-0.15, -0.1) is 0 Å². The smallest absolute Gasteiger partial charge is 0.372 e. The number of nitrogens with zero attached hydrogens (tertiary/aromatic N) is 1. The highest BCUT2D eigenvalue weighted by Gasteiger charge is 2.28. The summed E-state index contributed by atoms with van der Waals surface area (Å²) in [7, 11) is 0. The second kappa shape index (κ2) is 8.20. The van der Waals surface area contributed by atoms with Crippen LogP contribution in [0.5, 0.6) is 0 Å². The first-order valence-corrected chi connectivity index (χ1v) is 7.40. The molecule has 6 heteroatoms. The minimum absolute atomic E-state index is 0.173. The maximum Gasteiger partial charge on any atom is 0.411 e. The molecule has 0 aromatic carbocycles. The van der Waals surface area contributed by atoms with E-state index in [-0.39, 0.29) is 6.61 Å². The Balaban J connectivity index is 2.27. The van der Waals surface area contributed by atoms with Gasteiger partial charge < -0.3 is 10.1 Å². The number of halogens is 3. The molecule has 3 nitrogen and oxygen atoms in total. The first-order chi connectivity index (χ1) is 9.28. The summed E-state index contributed by atoms with van der Waals surface area (Å²) in [4.78, 5) is 2.39. The van der Waals surface area contributed by atoms with Gasteiger partial charge in [0.1, 0.15) is 6.61 Å². The van der Waals surface area contributed by atoms with E-state index < -0.39 is 12.8 Å². The normalized spacial score (nSPS) is 25.4. The van der Waals surface area contributed by atoms with Crippen molar-refractivity contribution in [3.8, 4) is 0 Å². The Morgan fingerprint density at radius 1 is 1.35 bits per heavy atom. The van der Waals surface area contributed by atoms with Crippen molar-refractivity contribution < 1.29 is 17.9 Å². The first kappa shape index (κ1) is 17.7. The van der Waals surface area contributed by atoms with Gasteiger partial charge in [-0.1, -0.05) is 13.8 Å². The molecule has 1 aliphatic heterocycles. The first-order valence-electron chi connectivity index (χ1n) is 7.40. The second-order valence-electron chi connectivity index (χ2n) is 6.11. The lowest BCUT2D eigenvalue weighted by Crippen LogP contribution is -2.56. The largest absolute Gasteiger partial charge is 0.411 e. The summed E-state index contributed by atoms with van der Waals surface area (Å²) in [6, 6.07) is 0.920. The summed E-state index contributed by atoms with van der Waals surface area (Å²) in [6.07, 6.45) is -2.45. The van der Waals surface area contributed by atoms with Gasteiger partial charge in [-0.2, -0.15) is 13.2 Å². The topological polar surface area (TPSA) is 24.5 Å². The van der Waals surface area contributed by atoms with Crippen LogP contribution in [-0.2, 0) is 4.74 Å².